The zero-order valence-corrected chi connectivity index (χ0v) is 15.8. The summed E-state index contributed by atoms with van der Waals surface area (Å²) in [5.74, 6) is -0.160. The van der Waals surface area contributed by atoms with Crippen LogP contribution in [0.1, 0.15) is 28.8 Å². The van der Waals surface area contributed by atoms with E-state index in [2.05, 4.69) is 10.0 Å². The number of anilines is 1. The van der Waals surface area contributed by atoms with Gasteiger partial charge in [-0.3, -0.25) is 9.59 Å². The zero-order chi connectivity index (χ0) is 19.4. The summed E-state index contributed by atoms with van der Waals surface area (Å²) in [7, 11) is -2.18. The van der Waals surface area contributed by atoms with Crippen LogP contribution >= 0.6 is 0 Å². The van der Waals surface area contributed by atoms with Crippen molar-refractivity contribution in [1.82, 2.24) is 10.0 Å². The van der Waals surface area contributed by atoms with Gasteiger partial charge in [-0.05, 0) is 48.4 Å². The molecule has 1 saturated heterocycles. The molecule has 1 aliphatic heterocycles. The molecule has 3 rings (SSSR count). The normalized spacial score (nSPS) is 14.4. The van der Waals surface area contributed by atoms with Gasteiger partial charge in [0.05, 0.1) is 4.90 Å². The third-order valence-electron chi connectivity index (χ3n) is 4.44. The Bertz CT molecular complexity index is 938. The highest BCUT2D eigenvalue weighted by Crippen LogP contribution is 2.21. The molecule has 1 fully saturated rings. The molecule has 1 heterocycles. The van der Waals surface area contributed by atoms with Gasteiger partial charge in [0.2, 0.25) is 15.9 Å². The molecule has 8 heteroatoms. The minimum Gasteiger partial charge on any atom is -0.355 e. The second kappa shape index (κ2) is 7.89. The van der Waals surface area contributed by atoms with Gasteiger partial charge in [-0.2, -0.15) is 0 Å². The van der Waals surface area contributed by atoms with Crippen molar-refractivity contribution in [3.8, 4) is 0 Å². The average Bonchev–Trinajstić information content (AvgIpc) is 3.12. The number of benzene rings is 2. The molecule has 0 aliphatic carbocycles. The minimum atomic E-state index is -3.69. The van der Waals surface area contributed by atoms with Crippen LogP contribution in [-0.2, 0) is 21.4 Å². The smallest absolute Gasteiger partial charge is 0.251 e. The number of amides is 2. The highest BCUT2D eigenvalue weighted by atomic mass is 32.2. The maximum atomic E-state index is 12.4. The third kappa shape index (κ3) is 4.35. The summed E-state index contributed by atoms with van der Waals surface area (Å²) < 4.78 is 27.4. The maximum absolute atomic E-state index is 12.4. The fourth-order valence-corrected chi connectivity index (χ4v) is 3.92. The molecule has 2 amide bonds. The molecule has 1 aliphatic rings. The molecule has 0 spiro atoms. The van der Waals surface area contributed by atoms with Crippen LogP contribution in [-0.4, -0.2) is 33.8 Å². The Morgan fingerprint density at radius 2 is 1.74 bits per heavy atom. The van der Waals surface area contributed by atoms with E-state index < -0.39 is 10.0 Å². The Labute approximate surface area is 158 Å². The van der Waals surface area contributed by atoms with Crippen molar-refractivity contribution in [2.45, 2.75) is 24.3 Å². The first-order chi connectivity index (χ1) is 12.9. The van der Waals surface area contributed by atoms with Gasteiger partial charge in [0.25, 0.3) is 5.91 Å². The van der Waals surface area contributed by atoms with E-state index in [0.29, 0.717) is 12.0 Å². The van der Waals surface area contributed by atoms with Gasteiger partial charge in [-0.15, -0.1) is 0 Å². The van der Waals surface area contributed by atoms with Crippen LogP contribution in [0.5, 0.6) is 0 Å². The number of sulfonamides is 1. The van der Waals surface area contributed by atoms with Gasteiger partial charge in [0.15, 0.2) is 0 Å². The average molecular weight is 387 g/mol. The molecule has 0 radical (unpaired) electrons. The van der Waals surface area contributed by atoms with Crippen molar-refractivity contribution in [2.24, 2.45) is 0 Å². The lowest BCUT2D eigenvalue weighted by atomic mass is 10.2. The molecule has 2 N–H and O–H groups in total. The monoisotopic (exact) mass is 387 g/mol. The van der Waals surface area contributed by atoms with Crippen LogP contribution in [0, 0.1) is 0 Å². The second-order valence-electron chi connectivity index (χ2n) is 6.24. The lowest BCUT2D eigenvalue weighted by molar-refractivity contribution is -0.117. The summed E-state index contributed by atoms with van der Waals surface area (Å²) in [6.45, 7) is 0.852. The fraction of sp³-hybridized carbons (Fsp3) is 0.263. The number of hydrogen-bond acceptors (Lipinski definition) is 4. The van der Waals surface area contributed by atoms with Crippen molar-refractivity contribution in [2.75, 3.05) is 18.5 Å². The molecule has 0 unspecified atom stereocenters. The summed E-state index contributed by atoms with van der Waals surface area (Å²) in [6, 6.07) is 13.0. The van der Waals surface area contributed by atoms with Crippen LogP contribution in [0.3, 0.4) is 0 Å². The van der Waals surface area contributed by atoms with Gasteiger partial charge in [-0.1, -0.05) is 12.1 Å². The Balaban J connectivity index is 1.64. The summed E-state index contributed by atoms with van der Waals surface area (Å²) in [4.78, 5) is 25.1. The molecule has 0 bridgehead atoms. The SMILES string of the molecule is CNC(=O)c1ccc(S(=O)(=O)NCc2ccc(N3CCCC3=O)cc2)cc1. The highest BCUT2D eigenvalue weighted by Gasteiger charge is 2.21. The lowest BCUT2D eigenvalue weighted by Crippen LogP contribution is -2.24. The maximum Gasteiger partial charge on any atom is 0.251 e. The molecule has 2 aromatic rings. The number of rotatable bonds is 6. The van der Waals surface area contributed by atoms with E-state index in [9.17, 15) is 18.0 Å². The predicted molar refractivity (Wildman–Crippen MR) is 102 cm³/mol. The van der Waals surface area contributed by atoms with Crippen LogP contribution in [0.15, 0.2) is 53.4 Å². The van der Waals surface area contributed by atoms with E-state index in [4.69, 9.17) is 0 Å². The van der Waals surface area contributed by atoms with Crippen molar-refractivity contribution in [1.29, 1.82) is 0 Å². The summed E-state index contributed by atoms with van der Waals surface area (Å²) >= 11 is 0. The number of carbonyl (C=O) groups excluding carboxylic acids is 2. The van der Waals surface area contributed by atoms with Gasteiger partial charge >= 0.3 is 0 Å². The number of carbonyl (C=O) groups is 2. The third-order valence-corrected chi connectivity index (χ3v) is 5.86. The van der Waals surface area contributed by atoms with Gasteiger partial charge in [0.1, 0.15) is 0 Å². The molecule has 0 atom stereocenters. The molecular weight excluding hydrogens is 366 g/mol. The van der Waals surface area contributed by atoms with Crippen LogP contribution in [0.25, 0.3) is 0 Å². The molecule has 142 valence electrons. The first-order valence-corrected chi connectivity index (χ1v) is 10.1. The van der Waals surface area contributed by atoms with Gasteiger partial charge < -0.3 is 10.2 Å². The van der Waals surface area contributed by atoms with Gasteiger partial charge in [-0.25, -0.2) is 13.1 Å². The van der Waals surface area contributed by atoms with Crippen LogP contribution in [0.4, 0.5) is 5.69 Å². The molecule has 7 nitrogen and oxygen atoms in total. The standard InChI is InChI=1S/C19H21N3O4S/c1-20-19(24)15-6-10-17(11-7-15)27(25,26)21-13-14-4-8-16(9-5-14)22-12-2-3-18(22)23/h4-11,21H,2-3,12-13H2,1H3,(H,20,24). The minimum absolute atomic E-state index is 0.0921. The first kappa shape index (κ1) is 19.1. The summed E-state index contributed by atoms with van der Waals surface area (Å²) in [5.41, 5.74) is 2.01. The molecular formula is C19H21N3O4S. The first-order valence-electron chi connectivity index (χ1n) is 8.62. The van der Waals surface area contributed by atoms with E-state index in [1.165, 1.54) is 31.3 Å². The largest absolute Gasteiger partial charge is 0.355 e. The Kier molecular flexibility index (Phi) is 5.57. The van der Waals surface area contributed by atoms with E-state index in [-0.39, 0.29) is 23.3 Å². The van der Waals surface area contributed by atoms with Crippen LogP contribution in [0.2, 0.25) is 0 Å². The fourth-order valence-electron chi connectivity index (χ4n) is 2.91. The van der Waals surface area contributed by atoms with Gasteiger partial charge in [0, 0.05) is 37.8 Å². The number of hydrogen-bond donors (Lipinski definition) is 2. The van der Waals surface area contributed by atoms with E-state index in [0.717, 1.165) is 24.2 Å². The highest BCUT2D eigenvalue weighted by molar-refractivity contribution is 7.89. The Morgan fingerprint density at radius 1 is 1.07 bits per heavy atom. The second-order valence-corrected chi connectivity index (χ2v) is 8.01. The van der Waals surface area contributed by atoms with Crippen molar-refractivity contribution < 1.29 is 18.0 Å². The summed E-state index contributed by atoms with van der Waals surface area (Å²) in [6.07, 6.45) is 1.43. The molecule has 27 heavy (non-hydrogen) atoms. The summed E-state index contributed by atoms with van der Waals surface area (Å²) in [5, 5.41) is 2.49. The predicted octanol–water partition coefficient (Wildman–Crippen LogP) is 1.65. The topological polar surface area (TPSA) is 95.6 Å². The number of nitrogens with zero attached hydrogens (tertiary/aromatic N) is 1. The van der Waals surface area contributed by atoms with Crippen molar-refractivity contribution in [3.05, 3.63) is 59.7 Å². The molecule has 0 aromatic heterocycles. The molecule has 0 saturated carbocycles. The van der Waals surface area contributed by atoms with Crippen molar-refractivity contribution >= 4 is 27.5 Å². The van der Waals surface area contributed by atoms with E-state index in [1.807, 2.05) is 12.1 Å². The Hall–Kier alpha value is -2.71. The van der Waals surface area contributed by atoms with Crippen LogP contribution < -0.4 is 14.9 Å². The van der Waals surface area contributed by atoms with E-state index >= 15 is 0 Å². The Morgan fingerprint density at radius 3 is 2.30 bits per heavy atom. The quantitative estimate of drug-likeness (QED) is 0.788. The van der Waals surface area contributed by atoms with Crippen molar-refractivity contribution in [3.63, 3.8) is 0 Å². The van der Waals surface area contributed by atoms with E-state index in [1.54, 1.807) is 17.0 Å². The lowest BCUT2D eigenvalue weighted by Gasteiger charge is -2.16. The molecule has 2 aromatic carbocycles. The zero-order valence-electron chi connectivity index (χ0n) is 14.9. The number of nitrogens with one attached hydrogen (secondary N) is 2.